The first-order valence-electron chi connectivity index (χ1n) is 11.2. The third-order valence-electron chi connectivity index (χ3n) is 5.28. The van der Waals surface area contributed by atoms with Crippen LogP contribution in [0.3, 0.4) is 0 Å². The number of hydrogen-bond donors (Lipinski definition) is 1. The van der Waals surface area contributed by atoms with Gasteiger partial charge in [0.05, 0.1) is 6.54 Å². The monoisotopic (exact) mass is 429 g/mol. The van der Waals surface area contributed by atoms with Crippen LogP contribution in [0.2, 0.25) is 0 Å². The van der Waals surface area contributed by atoms with Crippen LogP contribution in [0.15, 0.2) is 40.8 Å². The second kappa shape index (κ2) is 13.0. The second-order valence-electron chi connectivity index (χ2n) is 7.86. The fourth-order valence-corrected chi connectivity index (χ4v) is 3.45. The van der Waals surface area contributed by atoms with Crippen molar-refractivity contribution < 1.29 is 23.8 Å². The number of benzene rings is 1. The molecule has 0 saturated heterocycles. The Kier molecular flexibility index (Phi) is 10.3. The van der Waals surface area contributed by atoms with Gasteiger partial charge >= 0.3 is 5.97 Å². The van der Waals surface area contributed by atoms with Gasteiger partial charge < -0.3 is 19.2 Å². The number of carboxylic acid groups (broad SMARTS) is 1. The molecule has 0 saturated carbocycles. The van der Waals surface area contributed by atoms with Gasteiger partial charge in [0.25, 0.3) is 0 Å². The normalized spacial score (nSPS) is 12.0. The van der Waals surface area contributed by atoms with Crippen molar-refractivity contribution in [2.75, 3.05) is 13.7 Å². The van der Waals surface area contributed by atoms with Crippen molar-refractivity contribution in [1.29, 1.82) is 0 Å². The van der Waals surface area contributed by atoms with Crippen LogP contribution in [0.25, 0.3) is 11.3 Å². The van der Waals surface area contributed by atoms with Crippen LogP contribution >= 0.6 is 0 Å². The summed E-state index contributed by atoms with van der Waals surface area (Å²) in [7, 11) is 1.81. The maximum Gasteiger partial charge on any atom is 0.333 e. The Morgan fingerprint density at radius 3 is 2.39 bits per heavy atom. The molecule has 2 rings (SSSR count). The van der Waals surface area contributed by atoms with E-state index in [-0.39, 0.29) is 5.91 Å². The highest BCUT2D eigenvalue weighted by Gasteiger charge is 2.18. The highest BCUT2D eigenvalue weighted by Crippen LogP contribution is 2.24. The molecule has 170 valence electrons. The Bertz CT molecular complexity index is 812. The summed E-state index contributed by atoms with van der Waals surface area (Å²) in [5.74, 6) is 0.645. The third kappa shape index (κ3) is 8.21. The Morgan fingerprint density at radius 2 is 1.74 bits per heavy atom. The topological polar surface area (TPSA) is 80.0 Å². The Morgan fingerprint density at radius 1 is 1.03 bits per heavy atom. The largest absolute Gasteiger partial charge is 0.479 e. The molecule has 0 radical (unpaired) electrons. The third-order valence-corrected chi connectivity index (χ3v) is 5.28. The standard InChI is InChI=1S/C25H35NO5/c1-4-6-7-8-9-10-24(27)26(3)18-21-15-16-22(31-21)20-13-11-19(12-14-20)17-23(25(28)29)30-5-2/h11-16,23H,4-10,17-18H2,1-3H3,(H,28,29). The van der Waals surface area contributed by atoms with Crippen LogP contribution in [0, 0.1) is 0 Å². The van der Waals surface area contributed by atoms with Crippen LogP contribution in [0.5, 0.6) is 0 Å². The number of aliphatic carboxylic acids is 1. The molecule has 0 aliphatic rings. The van der Waals surface area contributed by atoms with Gasteiger partial charge in [-0.2, -0.15) is 0 Å². The van der Waals surface area contributed by atoms with Gasteiger partial charge in [-0.3, -0.25) is 4.79 Å². The number of hydrogen-bond acceptors (Lipinski definition) is 4. The molecule has 0 aliphatic heterocycles. The first-order valence-corrected chi connectivity index (χ1v) is 11.2. The molecule has 1 aromatic heterocycles. The maximum absolute atomic E-state index is 12.3. The fraction of sp³-hybridized carbons (Fsp3) is 0.520. The van der Waals surface area contributed by atoms with E-state index in [1.54, 1.807) is 11.8 Å². The summed E-state index contributed by atoms with van der Waals surface area (Å²) < 4.78 is 11.2. The molecule has 1 atom stereocenters. The second-order valence-corrected chi connectivity index (χ2v) is 7.86. The lowest BCUT2D eigenvalue weighted by molar-refractivity contribution is -0.150. The van der Waals surface area contributed by atoms with Gasteiger partial charge in [0.15, 0.2) is 6.10 Å². The first-order chi connectivity index (χ1) is 14.9. The van der Waals surface area contributed by atoms with Crippen LogP contribution < -0.4 is 0 Å². The van der Waals surface area contributed by atoms with E-state index in [2.05, 4.69) is 6.92 Å². The molecular weight excluding hydrogens is 394 g/mol. The summed E-state index contributed by atoms with van der Waals surface area (Å²) in [6.07, 6.45) is 5.71. The number of carbonyl (C=O) groups excluding carboxylic acids is 1. The number of unbranched alkanes of at least 4 members (excludes halogenated alkanes) is 4. The predicted molar refractivity (Wildman–Crippen MR) is 121 cm³/mol. The molecule has 0 aliphatic carbocycles. The molecule has 6 heteroatoms. The molecule has 1 heterocycles. The van der Waals surface area contributed by atoms with Crippen molar-refractivity contribution in [3.63, 3.8) is 0 Å². The SMILES string of the molecule is CCCCCCCC(=O)N(C)Cc1ccc(-c2ccc(CC(OCC)C(=O)O)cc2)o1. The van der Waals surface area contributed by atoms with Crippen molar-refractivity contribution in [3.05, 3.63) is 47.7 Å². The summed E-state index contributed by atoms with van der Waals surface area (Å²) in [6, 6.07) is 11.4. The maximum atomic E-state index is 12.3. The molecular formula is C25H35NO5. The van der Waals surface area contributed by atoms with Crippen molar-refractivity contribution in [1.82, 2.24) is 4.90 Å². The van der Waals surface area contributed by atoms with Gasteiger partial charge in [-0.15, -0.1) is 0 Å². The molecule has 1 aromatic carbocycles. The van der Waals surface area contributed by atoms with Crippen molar-refractivity contribution in [2.24, 2.45) is 0 Å². The highest BCUT2D eigenvalue weighted by molar-refractivity contribution is 5.75. The van der Waals surface area contributed by atoms with Crippen LogP contribution in [-0.4, -0.2) is 41.6 Å². The minimum Gasteiger partial charge on any atom is -0.479 e. The van der Waals surface area contributed by atoms with Gasteiger partial charge in [-0.05, 0) is 31.0 Å². The average molecular weight is 430 g/mol. The van der Waals surface area contributed by atoms with E-state index < -0.39 is 12.1 Å². The van der Waals surface area contributed by atoms with Gasteiger partial charge in [-0.25, -0.2) is 4.79 Å². The van der Waals surface area contributed by atoms with Crippen LogP contribution in [-0.2, 0) is 27.3 Å². The van der Waals surface area contributed by atoms with E-state index in [1.165, 1.54) is 19.3 Å². The number of furan rings is 1. The van der Waals surface area contributed by atoms with E-state index in [1.807, 2.05) is 43.4 Å². The zero-order valence-electron chi connectivity index (χ0n) is 18.9. The van der Waals surface area contributed by atoms with E-state index in [0.717, 1.165) is 35.5 Å². The zero-order valence-corrected chi connectivity index (χ0v) is 18.9. The number of carbonyl (C=O) groups is 2. The molecule has 1 unspecified atom stereocenters. The van der Waals surface area contributed by atoms with Gasteiger partial charge in [-0.1, -0.05) is 56.9 Å². The lowest BCUT2D eigenvalue weighted by Crippen LogP contribution is -2.26. The molecule has 0 spiro atoms. The Hall–Kier alpha value is -2.60. The van der Waals surface area contributed by atoms with Gasteiger partial charge in [0.1, 0.15) is 11.5 Å². The van der Waals surface area contributed by atoms with Crippen molar-refractivity contribution in [3.8, 4) is 11.3 Å². The quantitative estimate of drug-likeness (QED) is 0.412. The van der Waals surface area contributed by atoms with E-state index in [4.69, 9.17) is 9.15 Å². The van der Waals surface area contributed by atoms with Crippen LogP contribution in [0.4, 0.5) is 0 Å². The number of nitrogens with zero attached hydrogens (tertiary/aromatic N) is 1. The number of amides is 1. The van der Waals surface area contributed by atoms with Gasteiger partial charge in [0, 0.05) is 32.1 Å². The summed E-state index contributed by atoms with van der Waals surface area (Å²) in [5.41, 5.74) is 1.80. The molecule has 1 N–H and O–H groups in total. The van der Waals surface area contributed by atoms with Gasteiger partial charge in [0.2, 0.25) is 5.91 Å². The summed E-state index contributed by atoms with van der Waals surface area (Å²) >= 11 is 0. The molecule has 31 heavy (non-hydrogen) atoms. The fourth-order valence-electron chi connectivity index (χ4n) is 3.45. The average Bonchev–Trinajstić information content (AvgIpc) is 3.22. The summed E-state index contributed by atoms with van der Waals surface area (Å²) in [6.45, 7) is 4.77. The Balaban J connectivity index is 1.88. The Labute approximate surface area is 185 Å². The lowest BCUT2D eigenvalue weighted by Gasteiger charge is -2.15. The summed E-state index contributed by atoms with van der Waals surface area (Å²) in [4.78, 5) is 25.3. The highest BCUT2D eigenvalue weighted by atomic mass is 16.5. The van der Waals surface area contributed by atoms with E-state index in [0.29, 0.717) is 26.0 Å². The lowest BCUT2D eigenvalue weighted by atomic mass is 10.0. The van der Waals surface area contributed by atoms with Crippen LogP contribution in [0.1, 0.15) is 63.7 Å². The number of rotatable bonds is 14. The van der Waals surface area contributed by atoms with Crippen molar-refractivity contribution in [2.45, 2.75) is 71.4 Å². The molecule has 6 nitrogen and oxygen atoms in total. The number of ether oxygens (including phenoxy) is 1. The van der Waals surface area contributed by atoms with E-state index in [9.17, 15) is 14.7 Å². The van der Waals surface area contributed by atoms with Crippen molar-refractivity contribution >= 4 is 11.9 Å². The molecule has 1 amide bonds. The smallest absolute Gasteiger partial charge is 0.333 e. The zero-order chi connectivity index (χ0) is 22.6. The minimum absolute atomic E-state index is 0.140. The summed E-state index contributed by atoms with van der Waals surface area (Å²) in [5, 5.41) is 9.23. The molecule has 0 bridgehead atoms. The molecule has 2 aromatic rings. The predicted octanol–water partition coefficient (Wildman–Crippen LogP) is 5.30. The minimum atomic E-state index is -0.957. The first kappa shape index (κ1) is 24.7. The molecule has 0 fully saturated rings. The van der Waals surface area contributed by atoms with E-state index >= 15 is 0 Å². The number of carboxylic acids is 1.